The van der Waals surface area contributed by atoms with Crippen molar-refractivity contribution >= 4 is 61.1 Å². The van der Waals surface area contributed by atoms with Crippen molar-refractivity contribution in [1.29, 1.82) is 0 Å². The van der Waals surface area contributed by atoms with Crippen LogP contribution in [0.4, 0.5) is 5.69 Å². The molecule has 0 aliphatic heterocycles. The van der Waals surface area contributed by atoms with Crippen LogP contribution in [0.15, 0.2) is 76.1 Å². The van der Waals surface area contributed by atoms with Crippen molar-refractivity contribution < 1.29 is 32.3 Å². The summed E-state index contributed by atoms with van der Waals surface area (Å²) < 4.78 is 38.1. The monoisotopic (exact) mass is 608 g/mol. The van der Waals surface area contributed by atoms with E-state index in [4.69, 9.17) is 21.1 Å². The van der Waals surface area contributed by atoms with Gasteiger partial charge in [-0.25, -0.2) is 18.0 Å². The molecule has 1 N–H and O–H groups in total. The van der Waals surface area contributed by atoms with Crippen molar-refractivity contribution in [1.82, 2.24) is 4.31 Å². The van der Waals surface area contributed by atoms with Crippen LogP contribution in [0.1, 0.15) is 26.3 Å². The molecule has 0 aliphatic carbocycles. The van der Waals surface area contributed by atoms with Gasteiger partial charge in [-0.05, 0) is 60.2 Å². The summed E-state index contributed by atoms with van der Waals surface area (Å²) in [5.74, 6) is -2.17. The minimum absolute atomic E-state index is 0.00112. The Morgan fingerprint density at radius 2 is 1.43 bits per heavy atom. The van der Waals surface area contributed by atoms with Gasteiger partial charge in [0.2, 0.25) is 15.9 Å². The van der Waals surface area contributed by atoms with Crippen LogP contribution in [0.5, 0.6) is 0 Å². The molecule has 0 saturated heterocycles. The lowest BCUT2D eigenvalue weighted by Crippen LogP contribution is -2.37. The average molecular weight is 610 g/mol. The molecule has 194 valence electrons. The largest absolute Gasteiger partial charge is 0.465 e. The smallest absolute Gasteiger partial charge is 0.337 e. The molecule has 0 atom stereocenters. The summed E-state index contributed by atoms with van der Waals surface area (Å²) in [4.78, 5) is 37.1. The zero-order valence-corrected chi connectivity index (χ0v) is 22.9. The van der Waals surface area contributed by atoms with Crippen LogP contribution in [-0.4, -0.2) is 51.3 Å². The summed E-state index contributed by atoms with van der Waals surface area (Å²) in [7, 11) is -1.76. The first-order valence-electron chi connectivity index (χ1n) is 10.6. The highest BCUT2D eigenvalue weighted by atomic mass is 79.9. The third kappa shape index (κ3) is 7.39. The topological polar surface area (TPSA) is 119 Å². The molecule has 0 heterocycles. The number of sulfonamides is 1. The van der Waals surface area contributed by atoms with Crippen molar-refractivity contribution in [2.75, 3.05) is 26.1 Å². The molecule has 0 aliphatic rings. The number of hydrogen-bond acceptors (Lipinski definition) is 7. The Labute approximate surface area is 227 Å². The second-order valence-corrected chi connectivity index (χ2v) is 11.0. The second-order valence-electron chi connectivity index (χ2n) is 7.68. The average Bonchev–Trinajstić information content (AvgIpc) is 2.88. The van der Waals surface area contributed by atoms with Crippen LogP contribution >= 0.6 is 27.5 Å². The molecule has 1 amide bonds. The first kappa shape index (κ1) is 28.3. The quantitative estimate of drug-likeness (QED) is 0.355. The number of methoxy groups -OCH3 is 2. The van der Waals surface area contributed by atoms with Gasteiger partial charge in [0.25, 0.3) is 0 Å². The number of anilines is 1. The van der Waals surface area contributed by atoms with Crippen LogP contribution in [0, 0.1) is 0 Å². The van der Waals surface area contributed by atoms with Crippen LogP contribution in [0.3, 0.4) is 0 Å². The number of halogens is 2. The van der Waals surface area contributed by atoms with Gasteiger partial charge in [-0.15, -0.1) is 0 Å². The Morgan fingerprint density at radius 3 is 1.95 bits per heavy atom. The van der Waals surface area contributed by atoms with Crippen molar-refractivity contribution in [3.63, 3.8) is 0 Å². The number of amides is 1. The van der Waals surface area contributed by atoms with Crippen molar-refractivity contribution in [3.8, 4) is 0 Å². The third-order valence-electron chi connectivity index (χ3n) is 5.10. The Kier molecular flexibility index (Phi) is 9.44. The lowest BCUT2D eigenvalue weighted by atomic mass is 10.1. The first-order chi connectivity index (χ1) is 17.5. The molecule has 0 radical (unpaired) electrons. The lowest BCUT2D eigenvalue weighted by molar-refractivity contribution is -0.116. The standard InChI is InChI=1S/C25H22BrClN2O7S/c1-35-24(31)17-11-18(25(32)36-2)13-21(12-17)28-23(30)15-29(14-16-3-5-19(26)6-4-16)37(33,34)22-9-7-20(27)8-10-22/h3-13H,14-15H2,1-2H3,(H,28,30). The summed E-state index contributed by atoms with van der Waals surface area (Å²) in [6, 6.07) is 16.5. The highest BCUT2D eigenvalue weighted by molar-refractivity contribution is 9.10. The fourth-order valence-electron chi connectivity index (χ4n) is 3.31. The van der Waals surface area contributed by atoms with Gasteiger partial charge in [0.15, 0.2) is 0 Å². The number of ether oxygens (including phenoxy) is 2. The van der Waals surface area contributed by atoms with Gasteiger partial charge in [0.1, 0.15) is 0 Å². The molecule has 0 fully saturated rings. The van der Waals surface area contributed by atoms with Crippen LogP contribution in [0.2, 0.25) is 5.02 Å². The minimum Gasteiger partial charge on any atom is -0.465 e. The van der Waals surface area contributed by atoms with Crippen molar-refractivity contribution in [2.45, 2.75) is 11.4 Å². The molecule has 3 aromatic carbocycles. The Morgan fingerprint density at radius 1 is 0.892 bits per heavy atom. The molecular weight excluding hydrogens is 588 g/mol. The SMILES string of the molecule is COC(=O)c1cc(NC(=O)CN(Cc2ccc(Br)cc2)S(=O)(=O)c2ccc(Cl)cc2)cc(C(=O)OC)c1. The molecule has 3 rings (SSSR count). The molecule has 0 bridgehead atoms. The number of carbonyl (C=O) groups excluding carboxylic acids is 3. The summed E-state index contributed by atoms with van der Waals surface area (Å²) in [5, 5.41) is 2.91. The van der Waals surface area contributed by atoms with E-state index in [1.54, 1.807) is 24.3 Å². The van der Waals surface area contributed by atoms with E-state index in [1.165, 1.54) is 56.7 Å². The number of carbonyl (C=O) groups is 3. The van der Waals surface area contributed by atoms with E-state index in [-0.39, 0.29) is 28.3 Å². The van der Waals surface area contributed by atoms with Gasteiger partial charge in [-0.2, -0.15) is 4.31 Å². The number of esters is 2. The van der Waals surface area contributed by atoms with Gasteiger partial charge in [-0.3, -0.25) is 4.79 Å². The molecule has 3 aromatic rings. The van der Waals surface area contributed by atoms with E-state index in [2.05, 4.69) is 21.2 Å². The summed E-state index contributed by atoms with van der Waals surface area (Å²) >= 11 is 9.25. The van der Waals surface area contributed by atoms with Crippen LogP contribution < -0.4 is 5.32 Å². The number of hydrogen-bond donors (Lipinski definition) is 1. The van der Waals surface area contributed by atoms with Crippen molar-refractivity contribution in [3.05, 3.63) is 92.9 Å². The molecule has 9 nitrogen and oxygen atoms in total. The molecule has 12 heteroatoms. The maximum absolute atomic E-state index is 13.4. The summed E-state index contributed by atoms with van der Waals surface area (Å²) in [5.41, 5.74) is 0.734. The molecule has 0 aromatic heterocycles. The Balaban J connectivity index is 1.92. The number of benzene rings is 3. The van der Waals surface area contributed by atoms with Gasteiger partial charge in [0, 0.05) is 21.7 Å². The molecule has 0 spiro atoms. The van der Waals surface area contributed by atoms with Crippen LogP contribution in [-0.2, 0) is 30.8 Å². The van der Waals surface area contributed by atoms with Crippen LogP contribution in [0.25, 0.3) is 0 Å². The maximum Gasteiger partial charge on any atom is 0.337 e. The fourth-order valence-corrected chi connectivity index (χ4v) is 5.08. The Hall–Kier alpha value is -3.25. The predicted octanol–water partition coefficient (Wildman–Crippen LogP) is 4.51. The zero-order chi connectivity index (χ0) is 27.2. The molecule has 37 heavy (non-hydrogen) atoms. The summed E-state index contributed by atoms with van der Waals surface area (Å²) in [6.07, 6.45) is 0. The van der Waals surface area contributed by atoms with E-state index in [0.717, 1.165) is 8.78 Å². The number of nitrogens with zero attached hydrogens (tertiary/aromatic N) is 1. The maximum atomic E-state index is 13.4. The minimum atomic E-state index is -4.11. The van der Waals surface area contributed by atoms with Gasteiger partial charge < -0.3 is 14.8 Å². The normalized spacial score (nSPS) is 11.2. The van der Waals surface area contributed by atoms with Gasteiger partial charge in [-0.1, -0.05) is 39.7 Å². The molecule has 0 saturated carbocycles. The zero-order valence-electron chi connectivity index (χ0n) is 19.7. The van der Waals surface area contributed by atoms with E-state index in [1.807, 2.05) is 0 Å². The van der Waals surface area contributed by atoms with Gasteiger partial charge >= 0.3 is 11.9 Å². The lowest BCUT2D eigenvalue weighted by Gasteiger charge is -2.22. The molecular formula is C25H22BrClN2O7S. The van der Waals surface area contributed by atoms with E-state index >= 15 is 0 Å². The Bertz CT molecular complexity index is 1380. The highest BCUT2D eigenvalue weighted by Gasteiger charge is 2.27. The second kappa shape index (κ2) is 12.3. The first-order valence-corrected chi connectivity index (χ1v) is 13.3. The third-order valence-corrected chi connectivity index (χ3v) is 7.69. The van der Waals surface area contributed by atoms with E-state index in [0.29, 0.717) is 10.6 Å². The fraction of sp³-hybridized carbons (Fsp3) is 0.160. The van der Waals surface area contributed by atoms with Gasteiger partial charge in [0.05, 0.1) is 36.8 Å². The summed E-state index contributed by atoms with van der Waals surface area (Å²) in [6.45, 7) is -0.654. The predicted molar refractivity (Wildman–Crippen MR) is 141 cm³/mol. The molecule has 0 unspecified atom stereocenters. The number of nitrogens with one attached hydrogen (secondary N) is 1. The number of rotatable bonds is 9. The highest BCUT2D eigenvalue weighted by Crippen LogP contribution is 2.22. The van der Waals surface area contributed by atoms with Crippen molar-refractivity contribution in [2.24, 2.45) is 0 Å². The van der Waals surface area contributed by atoms with E-state index < -0.39 is 34.4 Å². The van der Waals surface area contributed by atoms with E-state index in [9.17, 15) is 22.8 Å².